The molecule has 0 saturated heterocycles. The second-order valence-corrected chi connectivity index (χ2v) is 3.32. The first kappa shape index (κ1) is 12.9. The Morgan fingerprint density at radius 1 is 1.25 bits per heavy atom. The number of halogens is 5. The summed E-state index contributed by atoms with van der Waals surface area (Å²) in [6.45, 7) is -0.748. The van der Waals surface area contributed by atoms with Crippen LogP contribution in [0, 0.1) is 5.82 Å². The van der Waals surface area contributed by atoms with Gasteiger partial charge in [0.25, 0.3) is 0 Å². The van der Waals surface area contributed by atoms with E-state index in [4.69, 9.17) is 5.73 Å². The Morgan fingerprint density at radius 3 is 2.31 bits per heavy atom. The van der Waals surface area contributed by atoms with Crippen LogP contribution < -0.4 is 5.73 Å². The Labute approximate surface area is 89.1 Å². The molecule has 0 spiro atoms. The lowest BCUT2D eigenvalue weighted by Crippen LogP contribution is -2.14. The Balaban J connectivity index is 3.00. The highest BCUT2D eigenvalue weighted by Crippen LogP contribution is 2.31. The van der Waals surface area contributed by atoms with Gasteiger partial charge in [-0.15, -0.1) is 0 Å². The van der Waals surface area contributed by atoms with Gasteiger partial charge in [0.2, 0.25) is 0 Å². The van der Waals surface area contributed by atoms with Crippen molar-refractivity contribution in [2.75, 3.05) is 6.67 Å². The fourth-order valence-corrected chi connectivity index (χ4v) is 1.28. The highest BCUT2D eigenvalue weighted by Gasteiger charge is 2.31. The van der Waals surface area contributed by atoms with Crippen LogP contribution in [0.4, 0.5) is 22.0 Å². The molecule has 16 heavy (non-hydrogen) atoms. The van der Waals surface area contributed by atoms with Crippen LogP contribution in [-0.4, -0.2) is 6.67 Å². The van der Waals surface area contributed by atoms with Crippen molar-refractivity contribution in [3.63, 3.8) is 0 Å². The van der Waals surface area contributed by atoms with Gasteiger partial charge >= 0.3 is 6.18 Å². The molecule has 0 saturated carbocycles. The van der Waals surface area contributed by atoms with Gasteiger partial charge in [0.15, 0.2) is 0 Å². The van der Waals surface area contributed by atoms with Gasteiger partial charge in [-0.25, -0.2) is 4.39 Å². The summed E-state index contributed by atoms with van der Waals surface area (Å²) >= 11 is 0. The van der Waals surface area contributed by atoms with E-state index in [9.17, 15) is 22.0 Å². The Bertz CT molecular complexity index is 361. The average molecular weight is 239 g/mol. The van der Waals surface area contributed by atoms with E-state index in [-0.39, 0.29) is 12.0 Å². The zero-order valence-corrected chi connectivity index (χ0v) is 8.19. The zero-order valence-electron chi connectivity index (χ0n) is 8.19. The van der Waals surface area contributed by atoms with E-state index in [2.05, 4.69) is 0 Å². The summed E-state index contributed by atoms with van der Waals surface area (Å²) in [7, 11) is 0. The number of hydrogen-bond donors (Lipinski definition) is 1. The molecule has 0 heterocycles. The van der Waals surface area contributed by atoms with Crippen LogP contribution >= 0.6 is 0 Å². The Morgan fingerprint density at radius 2 is 1.88 bits per heavy atom. The van der Waals surface area contributed by atoms with Gasteiger partial charge in [-0.2, -0.15) is 13.2 Å². The monoisotopic (exact) mass is 239 g/mol. The summed E-state index contributed by atoms with van der Waals surface area (Å²) in [6.07, 6.45) is -4.72. The van der Waals surface area contributed by atoms with Gasteiger partial charge in [0.1, 0.15) is 5.82 Å². The van der Waals surface area contributed by atoms with E-state index in [0.29, 0.717) is 6.07 Å². The Kier molecular flexibility index (Phi) is 3.85. The van der Waals surface area contributed by atoms with E-state index >= 15 is 0 Å². The lowest BCUT2D eigenvalue weighted by molar-refractivity contribution is -0.137. The number of benzene rings is 1. The van der Waals surface area contributed by atoms with Crippen molar-refractivity contribution in [3.8, 4) is 0 Å². The predicted octanol–water partition coefficient (Wildman–Crippen LogP) is 3.20. The van der Waals surface area contributed by atoms with Crippen LogP contribution in [0.3, 0.4) is 0 Å². The summed E-state index contributed by atoms with van der Waals surface area (Å²) in [5.74, 6) is -1.06. The van der Waals surface area contributed by atoms with Crippen molar-refractivity contribution in [1.82, 2.24) is 0 Å². The molecule has 1 nitrogen and oxygen atoms in total. The molecule has 6 heteroatoms. The predicted molar refractivity (Wildman–Crippen MR) is 48.9 cm³/mol. The second-order valence-electron chi connectivity index (χ2n) is 3.32. The van der Waals surface area contributed by atoms with Crippen LogP contribution in [0.2, 0.25) is 0 Å². The molecule has 2 N–H and O–H groups in total. The normalized spacial score (nSPS) is 13.9. The average Bonchev–Trinajstić information content (AvgIpc) is 2.16. The summed E-state index contributed by atoms with van der Waals surface area (Å²) < 4.78 is 61.8. The molecule has 1 aromatic rings. The van der Waals surface area contributed by atoms with Gasteiger partial charge in [-0.1, -0.05) is 6.07 Å². The lowest BCUT2D eigenvalue weighted by Gasteiger charge is -2.13. The molecule has 0 bridgehead atoms. The fraction of sp³-hybridized carbons (Fsp3) is 0.400. The van der Waals surface area contributed by atoms with Gasteiger partial charge < -0.3 is 5.73 Å². The van der Waals surface area contributed by atoms with Crippen LogP contribution in [0.1, 0.15) is 23.6 Å². The molecule has 0 fully saturated rings. The summed E-state index contributed by atoms with van der Waals surface area (Å²) in [5, 5.41) is 0. The minimum Gasteiger partial charge on any atom is -0.324 e. The topological polar surface area (TPSA) is 26.0 Å². The molecule has 0 amide bonds. The summed E-state index contributed by atoms with van der Waals surface area (Å²) in [5.41, 5.74) is 4.22. The molecule has 0 unspecified atom stereocenters. The van der Waals surface area contributed by atoms with E-state index in [1.54, 1.807) is 0 Å². The van der Waals surface area contributed by atoms with Crippen molar-refractivity contribution < 1.29 is 22.0 Å². The zero-order chi connectivity index (χ0) is 12.3. The first-order valence-corrected chi connectivity index (χ1v) is 4.54. The number of rotatable bonds is 3. The third kappa shape index (κ3) is 2.91. The van der Waals surface area contributed by atoms with Crippen molar-refractivity contribution in [1.29, 1.82) is 0 Å². The largest absolute Gasteiger partial charge is 0.416 e. The summed E-state index contributed by atoms with van der Waals surface area (Å²) in [4.78, 5) is 0. The number of hydrogen-bond acceptors (Lipinski definition) is 1. The minimum absolute atomic E-state index is 0.106. The second kappa shape index (κ2) is 4.78. The Hall–Kier alpha value is -1.17. The van der Waals surface area contributed by atoms with E-state index in [1.807, 2.05) is 0 Å². The first-order chi connectivity index (χ1) is 7.36. The van der Waals surface area contributed by atoms with Crippen LogP contribution in [0.5, 0.6) is 0 Å². The molecule has 0 aliphatic heterocycles. The molecule has 0 aliphatic rings. The molecule has 1 aromatic carbocycles. The molecule has 1 rings (SSSR count). The maximum Gasteiger partial charge on any atom is 0.416 e. The molecule has 90 valence electrons. The SMILES string of the molecule is N[C@H](CCF)c1ccc(C(F)(F)F)cc1F. The standard InChI is InChI=1S/C10H10F5N/c11-4-3-9(16)7-2-1-6(5-8(7)12)10(13,14)15/h1-2,5,9H,3-4,16H2/t9-/m1/s1. The van der Waals surface area contributed by atoms with Gasteiger partial charge in [-0.05, 0) is 18.6 Å². The smallest absolute Gasteiger partial charge is 0.324 e. The third-order valence-electron chi connectivity index (χ3n) is 2.15. The highest BCUT2D eigenvalue weighted by molar-refractivity contribution is 5.28. The lowest BCUT2D eigenvalue weighted by atomic mass is 10.0. The van der Waals surface area contributed by atoms with Crippen molar-refractivity contribution >= 4 is 0 Å². The van der Waals surface area contributed by atoms with Crippen molar-refractivity contribution in [2.24, 2.45) is 5.73 Å². The maximum atomic E-state index is 13.3. The van der Waals surface area contributed by atoms with Crippen molar-refractivity contribution in [2.45, 2.75) is 18.6 Å². The van der Waals surface area contributed by atoms with E-state index in [1.165, 1.54) is 0 Å². The van der Waals surface area contributed by atoms with Crippen LogP contribution in [0.25, 0.3) is 0 Å². The molecule has 0 aromatic heterocycles. The van der Waals surface area contributed by atoms with Gasteiger partial charge in [0.05, 0.1) is 12.2 Å². The van der Waals surface area contributed by atoms with Crippen LogP contribution in [0.15, 0.2) is 18.2 Å². The van der Waals surface area contributed by atoms with E-state index in [0.717, 1.165) is 12.1 Å². The molecular weight excluding hydrogens is 229 g/mol. The highest BCUT2D eigenvalue weighted by atomic mass is 19.4. The van der Waals surface area contributed by atoms with Gasteiger partial charge in [0, 0.05) is 11.6 Å². The molecular formula is C10H10F5N. The molecule has 1 atom stereocenters. The quantitative estimate of drug-likeness (QED) is 0.805. The first-order valence-electron chi connectivity index (χ1n) is 4.54. The van der Waals surface area contributed by atoms with Crippen molar-refractivity contribution in [3.05, 3.63) is 35.1 Å². The fourth-order valence-electron chi connectivity index (χ4n) is 1.28. The number of nitrogens with two attached hydrogens (primary N) is 1. The maximum absolute atomic E-state index is 13.3. The molecule has 0 aliphatic carbocycles. The summed E-state index contributed by atoms with van der Waals surface area (Å²) in [6, 6.07) is 1.12. The third-order valence-corrected chi connectivity index (χ3v) is 2.15. The number of alkyl halides is 4. The van der Waals surface area contributed by atoms with Crippen LogP contribution in [-0.2, 0) is 6.18 Å². The molecule has 0 radical (unpaired) electrons. The van der Waals surface area contributed by atoms with E-state index < -0.39 is 30.3 Å². The minimum atomic E-state index is -4.59. The van der Waals surface area contributed by atoms with Gasteiger partial charge in [-0.3, -0.25) is 4.39 Å².